The van der Waals surface area contributed by atoms with Gasteiger partial charge in [-0.1, -0.05) is 54.1 Å². The minimum atomic E-state index is -0.488. The Bertz CT molecular complexity index is 1790. The van der Waals surface area contributed by atoms with E-state index in [2.05, 4.69) is 41.7 Å². The van der Waals surface area contributed by atoms with Crippen LogP contribution in [0.1, 0.15) is 22.9 Å². The van der Waals surface area contributed by atoms with Gasteiger partial charge in [-0.3, -0.25) is 10.1 Å². The van der Waals surface area contributed by atoms with Crippen LogP contribution >= 0.6 is 11.6 Å². The number of aromatic nitrogens is 6. The zero-order valence-electron chi connectivity index (χ0n) is 23.9. The second-order valence-electron chi connectivity index (χ2n) is 10.3. The lowest BCUT2D eigenvalue weighted by Crippen LogP contribution is -2.49. The number of rotatable bonds is 10. The van der Waals surface area contributed by atoms with Crippen LogP contribution in [0, 0.1) is 0 Å². The number of carbonyl (C=O) groups is 2. The van der Waals surface area contributed by atoms with Crippen molar-refractivity contribution in [3.8, 4) is 16.8 Å². The van der Waals surface area contributed by atoms with Crippen LogP contribution < -0.4 is 16.0 Å². The highest BCUT2D eigenvalue weighted by atomic mass is 35.5. The van der Waals surface area contributed by atoms with E-state index in [1.54, 1.807) is 42.6 Å². The number of benzene rings is 3. The van der Waals surface area contributed by atoms with Gasteiger partial charge in [-0.2, -0.15) is 14.9 Å². The first-order valence-electron chi connectivity index (χ1n) is 14.2. The molecule has 3 heterocycles. The second kappa shape index (κ2) is 13.9. The average Bonchev–Trinajstić information content (AvgIpc) is 3.57. The number of tetrazole rings is 1. The zero-order valence-corrected chi connectivity index (χ0v) is 24.6. The predicted octanol–water partition coefficient (Wildman–Crippen LogP) is 4.41. The Morgan fingerprint density at radius 3 is 2.58 bits per heavy atom. The number of anilines is 1. The third-order valence-corrected chi connectivity index (χ3v) is 7.35. The number of halogens is 1. The molecule has 13 heteroatoms. The second-order valence-corrected chi connectivity index (χ2v) is 10.7. The summed E-state index contributed by atoms with van der Waals surface area (Å²) >= 11 is 6.23. The largest absolute Gasteiger partial charge is 0.443 e. The van der Waals surface area contributed by atoms with Gasteiger partial charge in [0.1, 0.15) is 12.4 Å². The molecule has 0 spiro atoms. The molecule has 226 valence electrons. The van der Waals surface area contributed by atoms with Gasteiger partial charge in [0.15, 0.2) is 0 Å². The van der Waals surface area contributed by atoms with Crippen molar-refractivity contribution < 1.29 is 14.3 Å². The highest BCUT2D eigenvalue weighted by molar-refractivity contribution is 6.30. The standard InChI is InChI=1S/C32H28ClN9O3/c33-25-9-12-30(42-20-36-40-41-42)23(15-25)8-13-31(43)38-28(14-21-4-2-1-3-5-21)29-16-24(17-35-39-29)22-6-10-26(11-7-22)37-32(44)45-27-18-34-19-27/h1-13,15-17,20,27-28,34H,14,18-19H2,(H,37,44)(H,38,43)/b13-8+. The zero-order chi connectivity index (χ0) is 31.0. The summed E-state index contributed by atoms with van der Waals surface area (Å²) in [6, 6.07) is 23.8. The Morgan fingerprint density at radius 1 is 1.02 bits per heavy atom. The number of nitrogens with one attached hydrogen (secondary N) is 3. The highest BCUT2D eigenvalue weighted by Gasteiger charge is 2.21. The number of carbonyl (C=O) groups excluding carboxylic acids is 2. The van der Waals surface area contributed by atoms with Crippen LogP contribution in [0.25, 0.3) is 22.9 Å². The first kappa shape index (κ1) is 29.6. The van der Waals surface area contributed by atoms with Gasteiger partial charge in [0.25, 0.3) is 0 Å². The fraction of sp³-hybridized carbons (Fsp3) is 0.156. The molecule has 1 aliphatic rings. The van der Waals surface area contributed by atoms with Crippen molar-refractivity contribution in [3.05, 3.63) is 119 Å². The third kappa shape index (κ3) is 7.74. The van der Waals surface area contributed by atoms with E-state index in [0.29, 0.717) is 47.2 Å². The monoisotopic (exact) mass is 621 g/mol. The molecule has 3 aromatic carbocycles. The fourth-order valence-corrected chi connectivity index (χ4v) is 4.89. The molecule has 1 atom stereocenters. The Hall–Kier alpha value is -5.46. The first-order valence-corrected chi connectivity index (χ1v) is 14.5. The van der Waals surface area contributed by atoms with Crippen molar-refractivity contribution in [2.45, 2.75) is 18.6 Å². The van der Waals surface area contributed by atoms with Gasteiger partial charge >= 0.3 is 6.09 Å². The molecule has 0 bridgehead atoms. The summed E-state index contributed by atoms with van der Waals surface area (Å²) in [5.41, 5.74) is 5.24. The molecule has 0 aliphatic carbocycles. The summed E-state index contributed by atoms with van der Waals surface area (Å²) in [6.45, 7) is 1.33. The van der Waals surface area contributed by atoms with Gasteiger partial charge in [-0.15, -0.1) is 5.10 Å². The predicted molar refractivity (Wildman–Crippen MR) is 168 cm³/mol. The first-order chi connectivity index (χ1) is 22.0. The minimum Gasteiger partial charge on any atom is -0.443 e. The Labute approximate surface area is 263 Å². The molecule has 1 fully saturated rings. The van der Waals surface area contributed by atoms with Crippen LogP contribution in [0.4, 0.5) is 10.5 Å². The maximum atomic E-state index is 13.3. The number of hydrogen-bond donors (Lipinski definition) is 3. The van der Waals surface area contributed by atoms with Crippen molar-refractivity contribution >= 4 is 35.4 Å². The molecular formula is C32H28ClN9O3. The molecule has 2 amide bonds. The SMILES string of the molecule is O=C(/C=C/c1cc(Cl)ccc1-n1cnnn1)NC(Cc1ccccc1)c1cc(-c2ccc(NC(=O)OC3CNC3)cc2)cnn1. The summed E-state index contributed by atoms with van der Waals surface area (Å²) < 4.78 is 6.81. The van der Waals surface area contributed by atoms with Crippen molar-refractivity contribution in [2.75, 3.05) is 18.4 Å². The lowest BCUT2D eigenvalue weighted by atomic mass is 10.00. The molecule has 3 N–H and O–H groups in total. The highest BCUT2D eigenvalue weighted by Crippen LogP contribution is 2.25. The van der Waals surface area contributed by atoms with Gasteiger partial charge in [0, 0.05) is 41.0 Å². The summed E-state index contributed by atoms with van der Waals surface area (Å²) in [7, 11) is 0. The van der Waals surface area contributed by atoms with Crippen molar-refractivity contribution in [3.63, 3.8) is 0 Å². The molecule has 1 unspecified atom stereocenters. The molecule has 0 saturated carbocycles. The molecular weight excluding hydrogens is 594 g/mol. The molecule has 5 aromatic rings. The molecule has 1 aliphatic heterocycles. The molecule has 12 nitrogen and oxygen atoms in total. The third-order valence-electron chi connectivity index (χ3n) is 7.11. The van der Waals surface area contributed by atoms with E-state index in [0.717, 1.165) is 16.7 Å². The van der Waals surface area contributed by atoms with Gasteiger partial charge in [0.05, 0.1) is 23.6 Å². The van der Waals surface area contributed by atoms with Crippen LogP contribution in [-0.4, -0.2) is 61.6 Å². The number of ether oxygens (including phenoxy) is 1. The maximum absolute atomic E-state index is 13.3. The van der Waals surface area contributed by atoms with Crippen molar-refractivity contribution in [1.82, 2.24) is 41.0 Å². The lowest BCUT2D eigenvalue weighted by Gasteiger charge is -2.26. The lowest BCUT2D eigenvalue weighted by molar-refractivity contribution is -0.117. The number of hydrogen-bond acceptors (Lipinski definition) is 9. The Morgan fingerprint density at radius 2 is 1.84 bits per heavy atom. The minimum absolute atomic E-state index is 0.100. The normalized spacial score (nSPS) is 13.6. The van der Waals surface area contributed by atoms with Crippen LogP contribution in [0.2, 0.25) is 5.02 Å². The van der Waals surface area contributed by atoms with Crippen LogP contribution in [-0.2, 0) is 16.0 Å². The van der Waals surface area contributed by atoms with Crippen molar-refractivity contribution in [2.24, 2.45) is 0 Å². The van der Waals surface area contributed by atoms with E-state index in [1.807, 2.05) is 48.5 Å². The summed E-state index contributed by atoms with van der Waals surface area (Å²) in [6.07, 6.45) is 6.13. The molecule has 2 aromatic heterocycles. The average molecular weight is 622 g/mol. The van der Waals surface area contributed by atoms with Gasteiger partial charge in [-0.05, 0) is 70.4 Å². The van der Waals surface area contributed by atoms with E-state index in [4.69, 9.17) is 16.3 Å². The van der Waals surface area contributed by atoms with Crippen LogP contribution in [0.3, 0.4) is 0 Å². The van der Waals surface area contributed by atoms with Gasteiger partial charge < -0.3 is 15.4 Å². The van der Waals surface area contributed by atoms with Gasteiger partial charge in [-0.25, -0.2) is 4.79 Å². The van der Waals surface area contributed by atoms with Crippen LogP contribution in [0.15, 0.2) is 97.5 Å². The fourth-order valence-electron chi connectivity index (χ4n) is 4.71. The van der Waals surface area contributed by atoms with E-state index >= 15 is 0 Å². The quantitative estimate of drug-likeness (QED) is 0.193. The van der Waals surface area contributed by atoms with E-state index in [9.17, 15) is 9.59 Å². The summed E-state index contributed by atoms with van der Waals surface area (Å²) in [4.78, 5) is 25.4. The number of nitrogens with zero attached hydrogens (tertiary/aromatic N) is 6. The molecule has 6 rings (SSSR count). The number of amides is 2. The maximum Gasteiger partial charge on any atom is 0.411 e. The summed E-state index contributed by atoms with van der Waals surface area (Å²) in [5.74, 6) is -0.328. The van der Waals surface area contributed by atoms with Crippen LogP contribution in [0.5, 0.6) is 0 Å². The molecule has 45 heavy (non-hydrogen) atoms. The topological polar surface area (TPSA) is 149 Å². The Kier molecular flexibility index (Phi) is 9.14. The smallest absolute Gasteiger partial charge is 0.411 e. The molecule has 0 radical (unpaired) electrons. The van der Waals surface area contributed by atoms with E-state index in [-0.39, 0.29) is 12.0 Å². The Balaban J connectivity index is 1.20. The van der Waals surface area contributed by atoms with E-state index in [1.165, 1.54) is 17.1 Å². The van der Waals surface area contributed by atoms with Gasteiger partial charge in [0.2, 0.25) is 5.91 Å². The van der Waals surface area contributed by atoms with Crippen molar-refractivity contribution in [1.29, 1.82) is 0 Å². The molecule has 1 saturated heterocycles. The van der Waals surface area contributed by atoms with E-state index < -0.39 is 12.1 Å². The summed E-state index contributed by atoms with van der Waals surface area (Å²) in [5, 5.41) is 29.3.